The molecule has 0 aromatic heterocycles. The van der Waals surface area contributed by atoms with E-state index in [4.69, 9.17) is 4.74 Å². The van der Waals surface area contributed by atoms with Crippen LogP contribution in [-0.4, -0.2) is 38.4 Å². The van der Waals surface area contributed by atoms with Crippen molar-refractivity contribution in [2.75, 3.05) is 26.3 Å². The highest BCUT2D eigenvalue weighted by Gasteiger charge is 2.63. The van der Waals surface area contributed by atoms with Crippen LogP contribution in [0.15, 0.2) is 0 Å². The van der Waals surface area contributed by atoms with Crippen molar-refractivity contribution in [3.05, 3.63) is 0 Å². The predicted molar refractivity (Wildman–Crippen MR) is 75.7 cm³/mol. The average Bonchev–Trinajstić information content (AvgIpc) is 2.68. The van der Waals surface area contributed by atoms with E-state index in [1.165, 1.54) is 0 Å². The van der Waals surface area contributed by atoms with Crippen LogP contribution < -0.4 is 10.6 Å². The van der Waals surface area contributed by atoms with Gasteiger partial charge in [-0.3, -0.25) is 0 Å². The van der Waals surface area contributed by atoms with E-state index in [2.05, 4.69) is 45.3 Å². The third-order valence-electron chi connectivity index (χ3n) is 5.63. The van der Waals surface area contributed by atoms with Crippen LogP contribution in [0.5, 0.6) is 0 Å². The Morgan fingerprint density at radius 3 is 2.44 bits per heavy atom. The third-order valence-corrected chi connectivity index (χ3v) is 5.63. The zero-order chi connectivity index (χ0) is 13.4. The maximum atomic E-state index is 5.50. The van der Waals surface area contributed by atoms with Crippen molar-refractivity contribution in [2.45, 2.75) is 53.1 Å². The molecular formula is C15H30N2O. The molecule has 1 aliphatic heterocycles. The van der Waals surface area contributed by atoms with E-state index in [9.17, 15) is 0 Å². The summed E-state index contributed by atoms with van der Waals surface area (Å²) >= 11 is 0. The van der Waals surface area contributed by atoms with Gasteiger partial charge in [0.2, 0.25) is 0 Å². The lowest BCUT2D eigenvalue weighted by molar-refractivity contribution is 0.0711. The molecule has 2 unspecified atom stereocenters. The molecule has 2 atom stereocenters. The summed E-state index contributed by atoms with van der Waals surface area (Å²) < 4.78 is 5.50. The Bertz CT molecular complexity index is 268. The summed E-state index contributed by atoms with van der Waals surface area (Å²) in [6.07, 6.45) is 1.16. The fourth-order valence-electron chi connectivity index (χ4n) is 3.44. The van der Waals surface area contributed by atoms with Gasteiger partial charge in [-0.05, 0) is 36.6 Å². The summed E-state index contributed by atoms with van der Waals surface area (Å²) in [6.45, 7) is 15.7. The molecule has 18 heavy (non-hydrogen) atoms. The van der Waals surface area contributed by atoms with Crippen LogP contribution in [0, 0.1) is 16.7 Å². The molecule has 2 N–H and O–H groups in total. The first-order valence-electron chi connectivity index (χ1n) is 7.40. The molecule has 1 heterocycles. The van der Waals surface area contributed by atoms with Crippen LogP contribution in [0.2, 0.25) is 0 Å². The van der Waals surface area contributed by atoms with Crippen LogP contribution in [-0.2, 0) is 4.74 Å². The van der Waals surface area contributed by atoms with Gasteiger partial charge in [0.1, 0.15) is 0 Å². The molecule has 1 saturated heterocycles. The second-order valence-electron chi connectivity index (χ2n) is 7.27. The number of nitrogens with one attached hydrogen (secondary N) is 2. The van der Waals surface area contributed by atoms with Gasteiger partial charge in [-0.1, -0.05) is 27.7 Å². The number of rotatable bonds is 5. The molecule has 0 amide bonds. The van der Waals surface area contributed by atoms with Gasteiger partial charge in [-0.2, -0.15) is 0 Å². The number of morpholine rings is 1. The topological polar surface area (TPSA) is 33.3 Å². The summed E-state index contributed by atoms with van der Waals surface area (Å²) in [6, 6.07) is 1.10. The maximum absolute atomic E-state index is 5.50. The second-order valence-corrected chi connectivity index (χ2v) is 7.27. The number of hydrogen-bond acceptors (Lipinski definition) is 3. The van der Waals surface area contributed by atoms with Crippen molar-refractivity contribution >= 4 is 0 Å². The van der Waals surface area contributed by atoms with Gasteiger partial charge < -0.3 is 15.4 Å². The molecule has 2 rings (SSSR count). The monoisotopic (exact) mass is 254 g/mol. The Labute approximate surface area is 112 Å². The highest BCUT2D eigenvalue weighted by molar-refractivity contribution is 5.12. The quantitative estimate of drug-likeness (QED) is 0.787. The molecule has 2 aliphatic rings. The third kappa shape index (κ3) is 2.73. The van der Waals surface area contributed by atoms with Gasteiger partial charge >= 0.3 is 0 Å². The molecular weight excluding hydrogens is 224 g/mol. The van der Waals surface area contributed by atoms with E-state index in [0.29, 0.717) is 22.9 Å². The van der Waals surface area contributed by atoms with Gasteiger partial charge in [0, 0.05) is 18.6 Å². The van der Waals surface area contributed by atoms with Crippen molar-refractivity contribution in [3.63, 3.8) is 0 Å². The summed E-state index contributed by atoms with van der Waals surface area (Å²) in [5.41, 5.74) is 0.984. The Balaban J connectivity index is 1.68. The van der Waals surface area contributed by atoms with Crippen molar-refractivity contribution in [3.8, 4) is 0 Å². The van der Waals surface area contributed by atoms with Crippen LogP contribution in [0.4, 0.5) is 0 Å². The van der Waals surface area contributed by atoms with Crippen LogP contribution in [0.25, 0.3) is 0 Å². The molecule has 0 radical (unpaired) electrons. The lowest BCUT2D eigenvalue weighted by Crippen LogP contribution is -2.45. The first kappa shape index (κ1) is 14.3. The van der Waals surface area contributed by atoms with Crippen molar-refractivity contribution in [1.29, 1.82) is 0 Å². The van der Waals surface area contributed by atoms with E-state index in [1.807, 2.05) is 0 Å². The van der Waals surface area contributed by atoms with Crippen molar-refractivity contribution < 1.29 is 4.74 Å². The minimum atomic E-state index is 0.492. The second kappa shape index (κ2) is 5.10. The fourth-order valence-corrected chi connectivity index (χ4v) is 3.44. The van der Waals surface area contributed by atoms with Gasteiger partial charge in [-0.15, -0.1) is 0 Å². The molecule has 3 heteroatoms. The summed E-state index contributed by atoms with van der Waals surface area (Å²) in [5, 5.41) is 7.23. The molecule has 106 valence electrons. The van der Waals surface area contributed by atoms with Crippen molar-refractivity contribution in [1.82, 2.24) is 10.6 Å². The zero-order valence-electron chi connectivity index (χ0n) is 12.7. The Morgan fingerprint density at radius 2 is 1.94 bits per heavy atom. The summed E-state index contributed by atoms with van der Waals surface area (Å²) in [5.74, 6) is 0.808. The van der Waals surface area contributed by atoms with Gasteiger partial charge in [0.25, 0.3) is 0 Å². The highest BCUT2D eigenvalue weighted by atomic mass is 16.5. The molecule has 0 aromatic rings. The SMILES string of the molecule is CC(CC1COCCN1)NCC1C(C)(C)C1(C)C. The van der Waals surface area contributed by atoms with Gasteiger partial charge in [0.15, 0.2) is 0 Å². The largest absolute Gasteiger partial charge is 0.379 e. The van der Waals surface area contributed by atoms with E-state index >= 15 is 0 Å². The fraction of sp³-hybridized carbons (Fsp3) is 1.00. The molecule has 0 spiro atoms. The van der Waals surface area contributed by atoms with Gasteiger partial charge in [0.05, 0.1) is 13.2 Å². The first-order chi connectivity index (χ1) is 8.35. The molecule has 0 bridgehead atoms. The summed E-state index contributed by atoms with van der Waals surface area (Å²) in [7, 11) is 0. The Morgan fingerprint density at radius 1 is 1.28 bits per heavy atom. The van der Waals surface area contributed by atoms with E-state index in [1.54, 1.807) is 0 Å². The minimum Gasteiger partial charge on any atom is -0.379 e. The van der Waals surface area contributed by atoms with E-state index < -0.39 is 0 Å². The summed E-state index contributed by atoms with van der Waals surface area (Å²) in [4.78, 5) is 0. The van der Waals surface area contributed by atoms with Gasteiger partial charge in [-0.25, -0.2) is 0 Å². The lowest BCUT2D eigenvalue weighted by Gasteiger charge is -2.27. The van der Waals surface area contributed by atoms with Crippen LogP contribution in [0.3, 0.4) is 0 Å². The molecule has 3 nitrogen and oxygen atoms in total. The standard InChI is InChI=1S/C15H30N2O/c1-11(8-12-10-18-7-6-16-12)17-9-13-14(2,3)15(13,4)5/h11-13,16-17H,6-10H2,1-5H3. The molecule has 2 fully saturated rings. The van der Waals surface area contributed by atoms with Crippen molar-refractivity contribution in [2.24, 2.45) is 16.7 Å². The van der Waals surface area contributed by atoms with Crippen LogP contribution in [0.1, 0.15) is 41.0 Å². The molecule has 1 saturated carbocycles. The Hall–Kier alpha value is -0.120. The lowest BCUT2D eigenvalue weighted by atomic mass is 10.0. The van der Waals surface area contributed by atoms with E-state index in [0.717, 1.165) is 38.6 Å². The number of hydrogen-bond donors (Lipinski definition) is 2. The van der Waals surface area contributed by atoms with Crippen LogP contribution >= 0.6 is 0 Å². The number of ether oxygens (including phenoxy) is 1. The maximum Gasteiger partial charge on any atom is 0.0620 e. The average molecular weight is 254 g/mol. The molecule has 0 aromatic carbocycles. The first-order valence-corrected chi connectivity index (χ1v) is 7.40. The smallest absolute Gasteiger partial charge is 0.0620 e. The zero-order valence-corrected chi connectivity index (χ0v) is 12.7. The molecule has 1 aliphatic carbocycles. The predicted octanol–water partition coefficient (Wildman–Crippen LogP) is 2.03. The Kier molecular flexibility index (Phi) is 4.05. The minimum absolute atomic E-state index is 0.492. The highest BCUT2D eigenvalue weighted by Crippen LogP contribution is 2.67. The van der Waals surface area contributed by atoms with E-state index in [-0.39, 0.29) is 0 Å². The normalized spacial score (nSPS) is 32.2.